The number of hydrogen-bond donors (Lipinski definition) is 1. The zero-order chi connectivity index (χ0) is 16.2. The summed E-state index contributed by atoms with van der Waals surface area (Å²) in [6.45, 7) is 11.0. The van der Waals surface area contributed by atoms with Crippen molar-refractivity contribution in [1.82, 2.24) is 0 Å². The number of hydrogen-bond acceptors (Lipinski definition) is 2. The minimum atomic E-state index is -0.563. The molecule has 0 bridgehead atoms. The van der Waals surface area contributed by atoms with Crippen LogP contribution in [0.15, 0.2) is 11.6 Å². The molecule has 2 heteroatoms. The Labute approximate surface area is 136 Å². The van der Waals surface area contributed by atoms with Crippen LogP contribution in [0.2, 0.25) is 0 Å². The molecule has 3 aliphatic rings. The molecule has 5 unspecified atom stereocenters. The van der Waals surface area contributed by atoms with Crippen LogP contribution >= 0.6 is 0 Å². The molecule has 1 heterocycles. The predicted molar refractivity (Wildman–Crippen MR) is 90.7 cm³/mol. The minimum Gasteiger partial charge on any atom is -0.390 e. The highest BCUT2D eigenvalue weighted by molar-refractivity contribution is 5.10. The largest absolute Gasteiger partial charge is 0.390 e. The van der Waals surface area contributed by atoms with Gasteiger partial charge in [-0.2, -0.15) is 0 Å². The summed E-state index contributed by atoms with van der Waals surface area (Å²) < 4.78 is 6.04. The smallest absolute Gasteiger partial charge is 0.0920 e. The highest BCUT2D eigenvalue weighted by Gasteiger charge is 2.54. The lowest BCUT2D eigenvalue weighted by molar-refractivity contribution is -0.0182. The first-order valence-corrected chi connectivity index (χ1v) is 9.20. The van der Waals surface area contributed by atoms with E-state index in [1.54, 1.807) is 0 Å². The monoisotopic (exact) mass is 306 g/mol. The van der Waals surface area contributed by atoms with E-state index in [-0.39, 0.29) is 5.60 Å². The summed E-state index contributed by atoms with van der Waals surface area (Å²) in [5, 5.41) is 10.7. The van der Waals surface area contributed by atoms with Crippen LogP contribution in [0.4, 0.5) is 0 Å². The van der Waals surface area contributed by atoms with Crippen LogP contribution in [0, 0.1) is 17.3 Å². The predicted octanol–water partition coefficient (Wildman–Crippen LogP) is 4.86. The average molecular weight is 306 g/mol. The van der Waals surface area contributed by atoms with Crippen molar-refractivity contribution in [1.29, 1.82) is 0 Å². The lowest BCUT2D eigenvalue weighted by Gasteiger charge is -2.38. The number of epoxide rings is 1. The second-order valence-corrected chi connectivity index (χ2v) is 9.31. The highest BCUT2D eigenvalue weighted by Crippen LogP contribution is 2.56. The zero-order valence-electron chi connectivity index (χ0n) is 15.1. The topological polar surface area (TPSA) is 32.8 Å². The quantitative estimate of drug-likeness (QED) is 0.554. The van der Waals surface area contributed by atoms with Gasteiger partial charge in [0, 0.05) is 0 Å². The first kappa shape index (κ1) is 16.5. The van der Waals surface area contributed by atoms with Gasteiger partial charge in [0.05, 0.1) is 17.3 Å². The van der Waals surface area contributed by atoms with E-state index >= 15 is 0 Å². The molecule has 1 saturated carbocycles. The molecule has 0 aromatic carbocycles. The molecule has 126 valence electrons. The van der Waals surface area contributed by atoms with Gasteiger partial charge >= 0.3 is 0 Å². The van der Waals surface area contributed by atoms with Crippen molar-refractivity contribution >= 4 is 0 Å². The van der Waals surface area contributed by atoms with Crippen LogP contribution < -0.4 is 0 Å². The molecule has 0 aromatic rings. The van der Waals surface area contributed by atoms with Crippen molar-refractivity contribution in [2.24, 2.45) is 17.3 Å². The van der Waals surface area contributed by atoms with E-state index in [4.69, 9.17) is 4.74 Å². The number of rotatable bonds is 1. The summed E-state index contributed by atoms with van der Waals surface area (Å²) in [5.74, 6) is 1.03. The molecule has 0 spiro atoms. The Morgan fingerprint density at radius 2 is 1.91 bits per heavy atom. The standard InChI is InChI=1S/C20H34O2/c1-14-6-7-17-20(5,22-17)13-10-16-15(18(2,3)21)9-12-19(16,4)11-8-14/h8,15-17,21H,6-7,9-13H2,1-5H3. The van der Waals surface area contributed by atoms with E-state index < -0.39 is 5.60 Å². The van der Waals surface area contributed by atoms with Gasteiger partial charge in [-0.05, 0) is 89.9 Å². The maximum Gasteiger partial charge on any atom is 0.0920 e. The number of ether oxygens (including phenoxy) is 1. The van der Waals surface area contributed by atoms with E-state index in [1.807, 2.05) is 13.8 Å². The van der Waals surface area contributed by atoms with E-state index in [0.717, 1.165) is 6.42 Å². The summed E-state index contributed by atoms with van der Waals surface area (Å²) in [7, 11) is 0. The molecule has 0 amide bonds. The molecular weight excluding hydrogens is 272 g/mol. The molecule has 0 radical (unpaired) electrons. The van der Waals surface area contributed by atoms with Gasteiger partial charge in [0.1, 0.15) is 0 Å². The molecule has 1 N–H and O–H groups in total. The summed E-state index contributed by atoms with van der Waals surface area (Å²) >= 11 is 0. The Kier molecular flexibility index (Phi) is 4.01. The molecule has 2 nitrogen and oxygen atoms in total. The van der Waals surface area contributed by atoms with Crippen molar-refractivity contribution < 1.29 is 9.84 Å². The number of allylic oxidation sites excluding steroid dienone is 2. The third-order valence-electron chi connectivity index (χ3n) is 7.02. The summed E-state index contributed by atoms with van der Waals surface area (Å²) in [6, 6.07) is 0. The van der Waals surface area contributed by atoms with Gasteiger partial charge in [-0.25, -0.2) is 0 Å². The van der Waals surface area contributed by atoms with Crippen LogP contribution in [0.5, 0.6) is 0 Å². The van der Waals surface area contributed by atoms with E-state index in [9.17, 15) is 5.11 Å². The summed E-state index contributed by atoms with van der Waals surface area (Å²) in [5.41, 5.74) is 1.41. The fraction of sp³-hybridized carbons (Fsp3) is 0.900. The first-order valence-electron chi connectivity index (χ1n) is 9.20. The second-order valence-electron chi connectivity index (χ2n) is 9.31. The third-order valence-corrected chi connectivity index (χ3v) is 7.02. The van der Waals surface area contributed by atoms with Crippen LogP contribution in [-0.2, 0) is 4.74 Å². The number of aliphatic hydroxyl groups is 1. The molecule has 3 rings (SSSR count). The van der Waals surface area contributed by atoms with E-state index in [0.29, 0.717) is 23.4 Å². The Morgan fingerprint density at radius 3 is 2.59 bits per heavy atom. The highest BCUT2D eigenvalue weighted by atomic mass is 16.6. The molecule has 1 aliphatic heterocycles. The molecule has 1 saturated heterocycles. The van der Waals surface area contributed by atoms with Crippen molar-refractivity contribution in [3.05, 3.63) is 11.6 Å². The van der Waals surface area contributed by atoms with Crippen LogP contribution in [0.25, 0.3) is 0 Å². The van der Waals surface area contributed by atoms with Gasteiger partial charge in [-0.3, -0.25) is 0 Å². The zero-order valence-corrected chi connectivity index (χ0v) is 15.1. The van der Waals surface area contributed by atoms with E-state index in [2.05, 4.69) is 26.8 Å². The molecular formula is C20H34O2. The van der Waals surface area contributed by atoms with Crippen molar-refractivity contribution in [3.63, 3.8) is 0 Å². The molecule has 5 atom stereocenters. The lowest BCUT2D eigenvalue weighted by Crippen LogP contribution is -2.38. The maximum atomic E-state index is 10.7. The Morgan fingerprint density at radius 1 is 1.18 bits per heavy atom. The fourth-order valence-corrected chi connectivity index (χ4v) is 5.19. The van der Waals surface area contributed by atoms with Crippen LogP contribution in [0.3, 0.4) is 0 Å². The minimum absolute atomic E-state index is 0.109. The normalized spacial score (nSPS) is 46.3. The average Bonchev–Trinajstić information content (AvgIpc) is 2.92. The Hall–Kier alpha value is -0.340. The van der Waals surface area contributed by atoms with Gasteiger partial charge in [0.2, 0.25) is 0 Å². The summed E-state index contributed by atoms with van der Waals surface area (Å²) in [4.78, 5) is 0. The van der Waals surface area contributed by atoms with Crippen molar-refractivity contribution in [2.75, 3.05) is 0 Å². The van der Waals surface area contributed by atoms with Crippen molar-refractivity contribution in [3.8, 4) is 0 Å². The summed E-state index contributed by atoms with van der Waals surface area (Å²) in [6.07, 6.45) is 11.2. The van der Waals surface area contributed by atoms with Gasteiger partial charge in [-0.15, -0.1) is 0 Å². The van der Waals surface area contributed by atoms with Gasteiger partial charge in [-0.1, -0.05) is 18.6 Å². The molecule has 0 aromatic heterocycles. The SMILES string of the molecule is CC1=CCC2(C)CCC(C(C)(C)O)C2CCC2(C)OC2CC1. The van der Waals surface area contributed by atoms with Crippen LogP contribution in [-0.4, -0.2) is 22.4 Å². The Balaban J connectivity index is 1.86. The maximum absolute atomic E-state index is 10.7. The molecule has 22 heavy (non-hydrogen) atoms. The van der Waals surface area contributed by atoms with Gasteiger partial charge in [0.15, 0.2) is 0 Å². The fourth-order valence-electron chi connectivity index (χ4n) is 5.19. The van der Waals surface area contributed by atoms with E-state index in [1.165, 1.54) is 44.1 Å². The van der Waals surface area contributed by atoms with Gasteiger partial charge in [0.25, 0.3) is 0 Å². The van der Waals surface area contributed by atoms with Crippen LogP contribution in [0.1, 0.15) is 79.6 Å². The Bertz CT molecular complexity index is 461. The second kappa shape index (κ2) is 5.34. The third kappa shape index (κ3) is 3.01. The van der Waals surface area contributed by atoms with Crippen molar-refractivity contribution in [2.45, 2.75) is 96.9 Å². The lowest BCUT2D eigenvalue weighted by atomic mass is 9.68. The van der Waals surface area contributed by atoms with Gasteiger partial charge < -0.3 is 9.84 Å². The first-order chi connectivity index (χ1) is 10.1. The number of fused-ring (bicyclic) bond motifs is 2. The molecule has 2 fully saturated rings. The molecule has 2 aliphatic carbocycles.